The number of fused-ring (bicyclic) bond motifs is 2. The van der Waals surface area contributed by atoms with E-state index in [0.717, 1.165) is 29.7 Å². The molecular weight excluding hydrogens is 1040 g/mol. The van der Waals surface area contributed by atoms with E-state index in [1.54, 1.807) is 70.7 Å². The van der Waals surface area contributed by atoms with E-state index in [4.69, 9.17) is 53.8 Å². The van der Waals surface area contributed by atoms with Crippen LogP contribution in [-0.2, 0) is 25.2 Å². The molecule has 1 N–H and O–H groups in total. The number of aromatic nitrogens is 4. The average molecular weight is 1090 g/mol. The maximum absolute atomic E-state index is 15.3. The molecule has 8 rings (SSSR count). The summed E-state index contributed by atoms with van der Waals surface area (Å²) in [7, 11) is 0. The van der Waals surface area contributed by atoms with Crippen LogP contribution in [0.5, 0.6) is 11.8 Å². The average Bonchev–Trinajstić information content (AvgIpc) is 3.64. The Kier molecular flexibility index (Phi) is 15.5. The summed E-state index contributed by atoms with van der Waals surface area (Å²) in [5.41, 5.74) is -3.28. The van der Waals surface area contributed by atoms with Crippen molar-refractivity contribution >= 4 is 97.2 Å². The number of halogens is 5. The summed E-state index contributed by atoms with van der Waals surface area (Å²) < 4.78 is 92.1. The largest absolute Gasteiger partial charge is 0.508 e. The smallest absolute Gasteiger partial charge is 0.475 e. The van der Waals surface area contributed by atoms with Crippen LogP contribution >= 0.6 is 24.4 Å². The lowest BCUT2D eigenvalue weighted by atomic mass is 10.0. The number of hydrogen-bond acceptors (Lipinski definition) is 16. The zero-order valence-electron chi connectivity index (χ0n) is 41.7. The van der Waals surface area contributed by atoms with Gasteiger partial charge in [0.05, 0.1) is 57.6 Å². The zero-order chi connectivity index (χ0) is 55.8. The van der Waals surface area contributed by atoms with Crippen molar-refractivity contribution in [2.45, 2.75) is 78.2 Å². The van der Waals surface area contributed by atoms with Crippen molar-refractivity contribution in [3.05, 3.63) is 107 Å². The van der Waals surface area contributed by atoms with Gasteiger partial charge in [-0.2, -0.15) is 23.7 Å². The molecule has 2 aliphatic rings. The third kappa shape index (κ3) is 10.8. The minimum absolute atomic E-state index is 0.00984. The van der Waals surface area contributed by atoms with Gasteiger partial charge in [0.15, 0.2) is 21.9 Å². The fourth-order valence-corrected chi connectivity index (χ4v) is 9.22. The third-order valence-corrected chi connectivity index (χ3v) is 12.4. The molecule has 2 saturated heterocycles. The predicted molar refractivity (Wildman–Crippen MR) is 275 cm³/mol. The minimum atomic E-state index is -4.84. The van der Waals surface area contributed by atoms with Gasteiger partial charge in [-0.1, -0.05) is 0 Å². The van der Waals surface area contributed by atoms with Crippen LogP contribution in [0, 0.1) is 41.2 Å². The summed E-state index contributed by atoms with van der Waals surface area (Å²) in [5.74, 6) is -2.37. The molecule has 0 aliphatic carbocycles. The van der Waals surface area contributed by atoms with Crippen LogP contribution in [0.1, 0.15) is 70.7 Å². The summed E-state index contributed by atoms with van der Waals surface area (Å²) >= 11 is 11.2. The molecule has 0 unspecified atom stereocenters. The lowest BCUT2D eigenvalue weighted by Crippen LogP contribution is -2.44. The molecule has 76 heavy (non-hydrogen) atoms. The number of rotatable bonds is 11. The van der Waals surface area contributed by atoms with E-state index in [-0.39, 0.29) is 87.5 Å². The summed E-state index contributed by atoms with van der Waals surface area (Å²) in [6, 6.07) is 16.8. The van der Waals surface area contributed by atoms with E-state index in [9.17, 15) is 32.8 Å². The maximum Gasteiger partial charge on any atom is 0.508 e. The molecule has 4 heterocycles. The van der Waals surface area contributed by atoms with Gasteiger partial charge in [0.25, 0.3) is 11.8 Å². The minimum Gasteiger partial charge on any atom is -0.475 e. The number of carbonyl (C=O) groups excluding carboxylic acids is 3. The number of amides is 2. The molecule has 25 heteroatoms. The number of hydrogen-bond donors (Lipinski definition) is 1. The van der Waals surface area contributed by atoms with E-state index in [1.165, 1.54) is 47.9 Å². The van der Waals surface area contributed by atoms with E-state index in [2.05, 4.69) is 26.0 Å². The zero-order valence-corrected chi connectivity index (χ0v) is 43.4. The molecule has 0 atom stereocenters. The number of aryl methyl sites for hydroxylation is 1. The number of nitrogens with zero attached hydrogens (tertiary/aromatic N) is 10. The monoisotopic (exact) mass is 1080 g/mol. The van der Waals surface area contributed by atoms with Crippen molar-refractivity contribution in [2.75, 3.05) is 46.0 Å². The summed E-state index contributed by atoms with van der Waals surface area (Å²) in [6.07, 6.45) is -3.42. The standard InChI is InChI=1S/C28H28FN5O5S.C23H17F4N5O3S/c1-16-11-18(8-7-17(16)14-30)33-24(35)28(5,6)34(25(33)40)19-12-20-22(21(29)13-19)31-15-32-23(20)37-9-10-38-26(36)39-27(2,3)4;1-22(2)20(34)31(13-4-3-12(10-28)16(8-13)23(25,26)27)21(36)32(22)14-7-15-18(17(24)9-14)29-11-30-19(15)35-6-5-33/h7-8,11-13,15H,9-10H2,1-6H3;3-4,7-9,11,33H,5-6H2,1-2H3. The first-order chi connectivity index (χ1) is 35.7. The number of alkyl halides is 3. The predicted octanol–water partition coefficient (Wildman–Crippen LogP) is 9.14. The number of nitriles is 2. The number of aliphatic hydroxyl groups is 1. The highest BCUT2D eigenvalue weighted by Crippen LogP contribution is 2.43. The number of ether oxygens (including phenoxy) is 4. The molecule has 2 amide bonds. The second-order valence-electron chi connectivity index (χ2n) is 18.8. The fraction of sp³-hybridized carbons (Fsp3) is 0.314. The lowest BCUT2D eigenvalue weighted by molar-refractivity contribution is -0.137. The van der Waals surface area contributed by atoms with E-state index >= 15 is 8.78 Å². The fourth-order valence-electron chi connectivity index (χ4n) is 8.18. The van der Waals surface area contributed by atoms with Crippen LogP contribution in [-0.4, -0.2) is 96.3 Å². The first-order valence-electron chi connectivity index (χ1n) is 22.8. The van der Waals surface area contributed by atoms with Gasteiger partial charge >= 0.3 is 12.3 Å². The van der Waals surface area contributed by atoms with Crippen LogP contribution < -0.4 is 29.1 Å². The van der Waals surface area contributed by atoms with Gasteiger partial charge in [-0.25, -0.2) is 33.5 Å². The van der Waals surface area contributed by atoms with Gasteiger partial charge in [-0.15, -0.1) is 0 Å². The Balaban J connectivity index is 0.000000222. The Morgan fingerprint density at radius 1 is 0.684 bits per heavy atom. The Morgan fingerprint density at radius 3 is 1.58 bits per heavy atom. The van der Waals surface area contributed by atoms with Crippen molar-refractivity contribution in [3.8, 4) is 23.9 Å². The highest BCUT2D eigenvalue weighted by atomic mass is 32.1. The lowest BCUT2D eigenvalue weighted by Gasteiger charge is -2.29. The summed E-state index contributed by atoms with van der Waals surface area (Å²) in [5, 5.41) is 27.7. The summed E-state index contributed by atoms with van der Waals surface area (Å²) in [6.45, 7) is 12.6. The van der Waals surface area contributed by atoms with Gasteiger partial charge in [0.2, 0.25) is 11.8 Å². The highest BCUT2D eigenvalue weighted by molar-refractivity contribution is 7.81. The van der Waals surface area contributed by atoms with Crippen molar-refractivity contribution in [2.24, 2.45) is 0 Å². The quantitative estimate of drug-likeness (QED) is 0.0553. The van der Waals surface area contributed by atoms with Gasteiger partial charge in [0, 0.05) is 11.4 Å². The Labute approximate surface area is 441 Å². The van der Waals surface area contributed by atoms with E-state index in [1.807, 2.05) is 0 Å². The van der Waals surface area contributed by atoms with Crippen LogP contribution in [0.15, 0.2) is 73.3 Å². The van der Waals surface area contributed by atoms with Crippen LogP contribution in [0.2, 0.25) is 0 Å². The van der Waals surface area contributed by atoms with Gasteiger partial charge in [0.1, 0.15) is 60.2 Å². The molecule has 0 bridgehead atoms. The van der Waals surface area contributed by atoms with Gasteiger partial charge in [-0.05, 0) is 146 Å². The first-order valence-corrected chi connectivity index (χ1v) is 23.6. The second kappa shape index (κ2) is 21.2. The topological polar surface area (TPSA) is 220 Å². The highest BCUT2D eigenvalue weighted by Gasteiger charge is 2.52. The number of thiocarbonyl (C=S) groups is 2. The van der Waals surface area contributed by atoms with Gasteiger partial charge < -0.3 is 33.9 Å². The maximum atomic E-state index is 15.3. The molecular formula is C51H45F5N10O8S2. The van der Waals surface area contributed by atoms with Crippen molar-refractivity contribution in [3.63, 3.8) is 0 Å². The van der Waals surface area contributed by atoms with E-state index < -0.39 is 57.7 Å². The molecule has 4 aromatic carbocycles. The first kappa shape index (κ1) is 55.5. The normalized spacial score (nSPS) is 15.2. The molecule has 0 spiro atoms. The van der Waals surface area contributed by atoms with E-state index in [0.29, 0.717) is 28.6 Å². The molecule has 2 aromatic heterocycles. The van der Waals surface area contributed by atoms with Gasteiger partial charge in [-0.3, -0.25) is 19.4 Å². The summed E-state index contributed by atoms with van der Waals surface area (Å²) in [4.78, 5) is 59.9. The molecule has 18 nitrogen and oxygen atoms in total. The Bertz CT molecular complexity index is 3450. The molecule has 2 fully saturated rings. The van der Waals surface area contributed by atoms with Crippen LogP contribution in [0.3, 0.4) is 0 Å². The Morgan fingerprint density at radius 2 is 1.14 bits per heavy atom. The number of aliphatic hydroxyl groups excluding tert-OH is 1. The van der Waals surface area contributed by atoms with Crippen LogP contribution in [0.25, 0.3) is 21.8 Å². The molecule has 0 saturated carbocycles. The molecule has 0 radical (unpaired) electrons. The van der Waals surface area contributed by atoms with Crippen molar-refractivity contribution in [1.29, 1.82) is 10.5 Å². The number of anilines is 4. The van der Waals surface area contributed by atoms with Crippen LogP contribution in [0.4, 0.5) is 49.5 Å². The second-order valence-corrected chi connectivity index (χ2v) is 19.6. The Hall–Kier alpha value is -8.26. The van der Waals surface area contributed by atoms with Crippen molar-refractivity contribution in [1.82, 2.24) is 19.9 Å². The number of carbonyl (C=O) groups is 3. The van der Waals surface area contributed by atoms with Crippen molar-refractivity contribution < 1.29 is 60.4 Å². The molecule has 394 valence electrons. The SMILES string of the molecule is CC1(C)C(=O)N(c2ccc(C#N)c(C(F)(F)F)c2)C(=S)N1c1cc(F)c2ncnc(OCCO)c2c1.Cc1cc(N2C(=O)C(C)(C)N(c3cc(F)c4ncnc(OCCOC(=O)OC(C)(C)C)c4c3)C2=S)ccc1C#N. The third-order valence-electron chi connectivity index (χ3n) is 11.7. The molecule has 2 aliphatic heterocycles. The number of benzene rings is 4. The molecule has 6 aromatic rings.